The number of benzene rings is 12. The Balaban J connectivity index is 1.08. The van der Waals surface area contributed by atoms with Crippen LogP contribution in [0.4, 0.5) is 17.1 Å². The van der Waals surface area contributed by atoms with Gasteiger partial charge in [0.15, 0.2) is 0 Å². The maximum atomic E-state index is 6.87. The van der Waals surface area contributed by atoms with E-state index in [1.807, 2.05) is 0 Å². The second-order valence-electron chi connectivity index (χ2n) is 18.0. The fraction of sp³-hybridized carbons (Fsp3) is 0. The number of hydrogen-bond acceptors (Lipinski definition) is 2. The van der Waals surface area contributed by atoms with Crippen molar-refractivity contribution < 1.29 is 4.42 Å². The molecule has 0 N–H and O–H groups in total. The van der Waals surface area contributed by atoms with Crippen molar-refractivity contribution in [3.05, 3.63) is 255 Å². The lowest BCUT2D eigenvalue weighted by molar-refractivity contribution is 0.670. The number of anilines is 3. The van der Waals surface area contributed by atoms with Gasteiger partial charge in [-0.3, -0.25) is 0 Å². The van der Waals surface area contributed by atoms with Gasteiger partial charge in [0.1, 0.15) is 11.2 Å². The molecular formula is C66H42N2O. The van der Waals surface area contributed by atoms with E-state index in [1.54, 1.807) is 0 Å². The van der Waals surface area contributed by atoms with Crippen LogP contribution in [-0.4, -0.2) is 4.57 Å². The second-order valence-corrected chi connectivity index (χ2v) is 18.0. The van der Waals surface area contributed by atoms with Crippen molar-refractivity contribution in [2.45, 2.75) is 0 Å². The lowest BCUT2D eigenvalue weighted by Crippen LogP contribution is -2.11. The molecule has 2 aromatic heterocycles. The SMILES string of the molecule is c1ccc(-c2ccc(N(c3ccc(-c4ccccc4)cc3)c3cc4c(cc3-c3cccc5c3oc3ccccc35)c3ccccc3n4-c3ccc4c5ccccc5c5ccccc5c4c3)cc2)cc1. The van der Waals surface area contributed by atoms with Gasteiger partial charge in [-0.15, -0.1) is 0 Å². The van der Waals surface area contributed by atoms with Crippen LogP contribution >= 0.6 is 0 Å². The first kappa shape index (κ1) is 39.0. The van der Waals surface area contributed by atoms with Crippen LogP contribution in [0.3, 0.4) is 0 Å². The minimum absolute atomic E-state index is 0.871. The average Bonchev–Trinajstić information content (AvgIpc) is 3.97. The molecule has 3 heteroatoms. The third kappa shape index (κ3) is 6.29. The molecule has 0 saturated heterocycles. The monoisotopic (exact) mass is 878 g/mol. The lowest BCUT2D eigenvalue weighted by atomic mass is 9.94. The average molecular weight is 879 g/mol. The van der Waals surface area contributed by atoms with Gasteiger partial charge in [-0.25, -0.2) is 0 Å². The van der Waals surface area contributed by atoms with Crippen molar-refractivity contribution >= 4 is 93.1 Å². The summed E-state index contributed by atoms with van der Waals surface area (Å²) in [6, 6.07) is 92.6. The molecule has 0 saturated carbocycles. The highest BCUT2D eigenvalue weighted by atomic mass is 16.3. The number of aromatic nitrogens is 1. The number of nitrogens with zero attached hydrogens (tertiary/aromatic N) is 2. The Morgan fingerprint density at radius 1 is 0.290 bits per heavy atom. The number of para-hydroxylation sites is 3. The van der Waals surface area contributed by atoms with E-state index in [2.05, 4.69) is 264 Å². The van der Waals surface area contributed by atoms with Gasteiger partial charge in [-0.2, -0.15) is 0 Å². The van der Waals surface area contributed by atoms with Crippen molar-refractivity contribution in [3.8, 4) is 39.1 Å². The smallest absolute Gasteiger partial charge is 0.143 e. The van der Waals surface area contributed by atoms with Crippen LogP contribution < -0.4 is 4.90 Å². The quantitative estimate of drug-likeness (QED) is 0.149. The molecule has 0 bridgehead atoms. The molecular weight excluding hydrogens is 837 g/mol. The van der Waals surface area contributed by atoms with E-state index in [9.17, 15) is 0 Å². The molecule has 0 unspecified atom stereocenters. The molecule has 0 amide bonds. The predicted octanol–water partition coefficient (Wildman–Crippen LogP) is 18.6. The van der Waals surface area contributed by atoms with Crippen LogP contribution in [0.25, 0.3) is 115 Å². The number of hydrogen-bond donors (Lipinski definition) is 0. The van der Waals surface area contributed by atoms with Crippen molar-refractivity contribution in [1.29, 1.82) is 0 Å². The van der Waals surface area contributed by atoms with Gasteiger partial charge in [0.2, 0.25) is 0 Å². The highest BCUT2D eigenvalue weighted by molar-refractivity contribution is 6.26. The summed E-state index contributed by atoms with van der Waals surface area (Å²) in [6.45, 7) is 0. The molecule has 0 fully saturated rings. The van der Waals surface area contributed by atoms with E-state index >= 15 is 0 Å². The molecule has 0 aliphatic carbocycles. The summed E-state index contributed by atoms with van der Waals surface area (Å²) < 4.78 is 9.34. The van der Waals surface area contributed by atoms with E-state index in [1.165, 1.54) is 54.2 Å². The maximum absolute atomic E-state index is 6.87. The summed E-state index contributed by atoms with van der Waals surface area (Å²) in [5.41, 5.74) is 15.1. The van der Waals surface area contributed by atoms with E-state index in [4.69, 9.17) is 4.42 Å². The molecule has 14 rings (SSSR count). The van der Waals surface area contributed by atoms with Crippen molar-refractivity contribution in [2.75, 3.05) is 4.90 Å². The van der Waals surface area contributed by atoms with Crippen LogP contribution in [0.1, 0.15) is 0 Å². The molecule has 0 radical (unpaired) electrons. The van der Waals surface area contributed by atoms with Crippen molar-refractivity contribution in [1.82, 2.24) is 4.57 Å². The second kappa shape index (κ2) is 15.7. The molecule has 2 heterocycles. The molecule has 14 aromatic rings. The maximum Gasteiger partial charge on any atom is 0.143 e. The van der Waals surface area contributed by atoms with Gasteiger partial charge in [-0.1, -0.05) is 194 Å². The van der Waals surface area contributed by atoms with Crippen LogP contribution in [0.5, 0.6) is 0 Å². The molecule has 0 spiro atoms. The zero-order valence-corrected chi connectivity index (χ0v) is 37.6. The summed E-state index contributed by atoms with van der Waals surface area (Å²) >= 11 is 0. The van der Waals surface area contributed by atoms with E-state index in [0.29, 0.717) is 0 Å². The molecule has 0 aliphatic rings. The Morgan fingerprint density at radius 3 is 1.41 bits per heavy atom. The zero-order valence-electron chi connectivity index (χ0n) is 37.6. The Hall–Kier alpha value is -9.18. The van der Waals surface area contributed by atoms with Crippen LogP contribution in [0.2, 0.25) is 0 Å². The summed E-state index contributed by atoms with van der Waals surface area (Å²) in [6.07, 6.45) is 0. The normalized spacial score (nSPS) is 11.8. The molecule has 322 valence electrons. The Labute approximate surface area is 399 Å². The van der Waals surface area contributed by atoms with Gasteiger partial charge < -0.3 is 13.9 Å². The van der Waals surface area contributed by atoms with Gasteiger partial charge in [-0.05, 0) is 115 Å². The standard InChI is InChI=1S/C66H42N2O/c1-3-16-43(17-4-1)45-30-34-47(35-31-45)67(48-36-32-46(33-37-48)44-18-5-2-6-19-44)63-42-64-60(41-61(63)58-27-15-26-57-56-25-12-14-29-65(56)69-66(57)58)55-24-11-13-28-62(55)68(64)49-38-39-54-52-22-8-7-20-50(52)51-21-9-10-23-53(51)59(54)40-49/h1-42H. The van der Waals surface area contributed by atoms with Crippen LogP contribution in [-0.2, 0) is 0 Å². The Morgan fingerprint density at radius 2 is 0.783 bits per heavy atom. The Bertz CT molecular complexity index is 4160. The minimum Gasteiger partial charge on any atom is -0.455 e. The highest BCUT2D eigenvalue weighted by Crippen LogP contribution is 2.49. The molecule has 0 aliphatic heterocycles. The summed E-state index contributed by atoms with van der Waals surface area (Å²) in [5.74, 6) is 0. The zero-order chi connectivity index (χ0) is 45.4. The first-order chi connectivity index (χ1) is 34.2. The third-order valence-corrected chi connectivity index (χ3v) is 14.2. The largest absolute Gasteiger partial charge is 0.455 e. The topological polar surface area (TPSA) is 21.3 Å². The fourth-order valence-corrected chi connectivity index (χ4v) is 11.0. The molecule has 12 aromatic carbocycles. The van der Waals surface area contributed by atoms with Gasteiger partial charge in [0, 0.05) is 49.7 Å². The summed E-state index contributed by atoms with van der Waals surface area (Å²) in [5, 5.41) is 12.1. The highest BCUT2D eigenvalue weighted by Gasteiger charge is 2.25. The van der Waals surface area contributed by atoms with Gasteiger partial charge in [0.25, 0.3) is 0 Å². The number of rotatable bonds is 7. The third-order valence-electron chi connectivity index (χ3n) is 14.2. The predicted molar refractivity (Wildman–Crippen MR) is 292 cm³/mol. The molecule has 3 nitrogen and oxygen atoms in total. The first-order valence-corrected chi connectivity index (χ1v) is 23.7. The minimum atomic E-state index is 0.871. The van der Waals surface area contributed by atoms with E-state index < -0.39 is 0 Å². The van der Waals surface area contributed by atoms with E-state index in [-0.39, 0.29) is 0 Å². The van der Waals surface area contributed by atoms with Gasteiger partial charge >= 0.3 is 0 Å². The van der Waals surface area contributed by atoms with Crippen LogP contribution in [0.15, 0.2) is 259 Å². The Kier molecular flexibility index (Phi) is 8.90. The van der Waals surface area contributed by atoms with Crippen molar-refractivity contribution in [2.24, 2.45) is 0 Å². The summed E-state index contributed by atoms with van der Waals surface area (Å²) in [4.78, 5) is 2.43. The number of fused-ring (bicyclic) bond motifs is 12. The van der Waals surface area contributed by atoms with Crippen molar-refractivity contribution in [3.63, 3.8) is 0 Å². The lowest BCUT2D eigenvalue weighted by Gasteiger charge is -2.29. The first-order valence-electron chi connectivity index (χ1n) is 23.7. The number of furan rings is 1. The van der Waals surface area contributed by atoms with Crippen LogP contribution in [0, 0.1) is 0 Å². The fourth-order valence-electron chi connectivity index (χ4n) is 11.0. The molecule has 0 atom stereocenters. The van der Waals surface area contributed by atoms with E-state index in [0.717, 1.165) is 78.0 Å². The summed E-state index contributed by atoms with van der Waals surface area (Å²) in [7, 11) is 0. The molecule has 69 heavy (non-hydrogen) atoms. The van der Waals surface area contributed by atoms with Gasteiger partial charge in [0.05, 0.1) is 16.7 Å².